The number of morpholine rings is 1. The summed E-state index contributed by atoms with van der Waals surface area (Å²) in [7, 11) is 0. The molecule has 1 atom stereocenters. The smallest absolute Gasteiger partial charge is 0.247 e. The number of hydrogen-bond acceptors (Lipinski definition) is 5. The molecule has 0 N–H and O–H groups in total. The highest BCUT2D eigenvalue weighted by Gasteiger charge is 2.34. The van der Waals surface area contributed by atoms with Crippen molar-refractivity contribution < 1.29 is 14.3 Å². The molecule has 0 spiro atoms. The molecule has 6 rings (SSSR count). The molecule has 3 heterocycles. The third-order valence-corrected chi connectivity index (χ3v) is 8.65. The number of aromatic nitrogens is 1. The number of anilines is 1. The minimum absolute atomic E-state index is 0.0338. The molecule has 1 aromatic heterocycles. The summed E-state index contributed by atoms with van der Waals surface area (Å²) in [5.41, 5.74) is 7.31. The molecule has 2 amide bonds. The first kappa shape index (κ1) is 30.3. The Hall–Kier alpha value is -4.75. The Balaban J connectivity index is 1.32. The Morgan fingerprint density at radius 1 is 0.867 bits per heavy atom. The summed E-state index contributed by atoms with van der Waals surface area (Å²) in [5, 5.41) is 0. The first-order chi connectivity index (χ1) is 22.0. The van der Waals surface area contributed by atoms with Crippen molar-refractivity contribution in [3.8, 4) is 0 Å². The molecule has 0 bridgehead atoms. The molecule has 1 saturated heterocycles. The molecule has 45 heavy (non-hydrogen) atoms. The number of pyridine rings is 1. The summed E-state index contributed by atoms with van der Waals surface area (Å²) in [6.45, 7) is 6.61. The van der Waals surface area contributed by atoms with Crippen molar-refractivity contribution in [1.82, 2.24) is 14.8 Å². The molecule has 2 aliphatic heterocycles. The van der Waals surface area contributed by atoms with E-state index in [1.54, 1.807) is 23.2 Å². The predicted octanol–water partition coefficient (Wildman–Crippen LogP) is 5.46. The van der Waals surface area contributed by atoms with E-state index < -0.39 is 6.04 Å². The summed E-state index contributed by atoms with van der Waals surface area (Å²) < 4.78 is 5.52. The fourth-order valence-electron chi connectivity index (χ4n) is 6.07. The Bertz CT molecular complexity index is 1610. The van der Waals surface area contributed by atoms with E-state index in [-0.39, 0.29) is 11.8 Å². The Morgan fingerprint density at radius 2 is 1.60 bits per heavy atom. The van der Waals surface area contributed by atoms with E-state index >= 15 is 0 Å². The van der Waals surface area contributed by atoms with Crippen molar-refractivity contribution in [2.45, 2.75) is 38.9 Å². The van der Waals surface area contributed by atoms with Crippen LogP contribution in [0.5, 0.6) is 0 Å². The number of carbonyl (C=O) groups excluding carboxylic acids is 2. The molecule has 2 aliphatic rings. The lowest BCUT2D eigenvalue weighted by atomic mass is 9.97. The van der Waals surface area contributed by atoms with Gasteiger partial charge in [-0.1, -0.05) is 72.8 Å². The Labute approximate surface area is 265 Å². The summed E-state index contributed by atoms with van der Waals surface area (Å²) in [4.78, 5) is 39.0. The number of benzene rings is 3. The van der Waals surface area contributed by atoms with Crippen LogP contribution in [-0.2, 0) is 40.3 Å². The zero-order valence-electron chi connectivity index (χ0n) is 25.8. The molecule has 4 aromatic rings. The molecular formula is C38H40N4O3. The SMILES string of the molecule is Cc1ccc(C=CC(=O)N(Cc2ccc(N3CCOCC3)cc2)C(Cc2ccccc2)C(=O)N2CCc3ccccc3C2)nc1. The average Bonchev–Trinajstić information content (AvgIpc) is 3.10. The maximum absolute atomic E-state index is 14.5. The summed E-state index contributed by atoms with van der Waals surface area (Å²) in [6.07, 6.45) is 6.30. The molecule has 3 aromatic carbocycles. The molecule has 7 nitrogen and oxygen atoms in total. The lowest BCUT2D eigenvalue weighted by Crippen LogP contribution is -2.52. The van der Waals surface area contributed by atoms with Gasteiger partial charge in [0.15, 0.2) is 0 Å². The van der Waals surface area contributed by atoms with Crippen LogP contribution < -0.4 is 4.90 Å². The minimum Gasteiger partial charge on any atom is -0.378 e. The minimum atomic E-state index is -0.681. The van der Waals surface area contributed by atoms with Gasteiger partial charge in [-0.3, -0.25) is 14.6 Å². The van der Waals surface area contributed by atoms with Crippen LogP contribution in [0.15, 0.2) is 103 Å². The molecule has 0 radical (unpaired) electrons. The van der Waals surface area contributed by atoms with Gasteiger partial charge in [0.2, 0.25) is 11.8 Å². The van der Waals surface area contributed by atoms with Crippen LogP contribution in [0.3, 0.4) is 0 Å². The largest absolute Gasteiger partial charge is 0.378 e. The lowest BCUT2D eigenvalue weighted by molar-refractivity contribution is -0.144. The van der Waals surface area contributed by atoms with Gasteiger partial charge in [-0.05, 0) is 65.4 Å². The van der Waals surface area contributed by atoms with Crippen LogP contribution in [0.25, 0.3) is 6.08 Å². The highest BCUT2D eigenvalue weighted by atomic mass is 16.5. The molecule has 0 saturated carbocycles. The van der Waals surface area contributed by atoms with Crippen LogP contribution in [0.4, 0.5) is 5.69 Å². The first-order valence-corrected chi connectivity index (χ1v) is 15.8. The molecule has 7 heteroatoms. The fourth-order valence-corrected chi connectivity index (χ4v) is 6.07. The number of nitrogens with zero attached hydrogens (tertiary/aromatic N) is 4. The normalized spacial score (nSPS) is 15.5. The van der Waals surface area contributed by atoms with Crippen molar-refractivity contribution in [3.63, 3.8) is 0 Å². The van der Waals surface area contributed by atoms with Crippen LogP contribution in [0.1, 0.15) is 33.5 Å². The quantitative estimate of drug-likeness (QED) is 0.239. The second kappa shape index (κ2) is 14.4. The van der Waals surface area contributed by atoms with E-state index in [0.717, 1.165) is 60.7 Å². The highest BCUT2D eigenvalue weighted by molar-refractivity contribution is 5.95. The maximum atomic E-state index is 14.5. The third-order valence-electron chi connectivity index (χ3n) is 8.65. The van der Waals surface area contributed by atoms with Crippen LogP contribution in [0, 0.1) is 6.92 Å². The van der Waals surface area contributed by atoms with Gasteiger partial charge in [-0.2, -0.15) is 0 Å². The highest BCUT2D eigenvalue weighted by Crippen LogP contribution is 2.24. The van der Waals surface area contributed by atoms with Gasteiger partial charge >= 0.3 is 0 Å². The van der Waals surface area contributed by atoms with Crippen LogP contribution in [0.2, 0.25) is 0 Å². The number of ether oxygens (including phenoxy) is 1. The summed E-state index contributed by atoms with van der Waals surface area (Å²) >= 11 is 0. The zero-order chi connectivity index (χ0) is 31.0. The third kappa shape index (κ3) is 7.67. The number of carbonyl (C=O) groups is 2. The van der Waals surface area contributed by atoms with E-state index in [2.05, 4.69) is 52.3 Å². The zero-order valence-corrected chi connectivity index (χ0v) is 25.8. The second-order valence-corrected chi connectivity index (χ2v) is 11.8. The van der Waals surface area contributed by atoms with E-state index in [4.69, 9.17) is 4.74 Å². The van der Waals surface area contributed by atoms with E-state index in [1.165, 1.54) is 5.56 Å². The number of aryl methyl sites for hydroxylation is 1. The molecular weight excluding hydrogens is 560 g/mol. The van der Waals surface area contributed by atoms with Crippen molar-refractivity contribution in [1.29, 1.82) is 0 Å². The predicted molar refractivity (Wildman–Crippen MR) is 178 cm³/mol. The van der Waals surface area contributed by atoms with E-state index in [9.17, 15) is 9.59 Å². The van der Waals surface area contributed by atoms with Gasteiger partial charge in [0, 0.05) is 57.1 Å². The average molecular weight is 601 g/mol. The van der Waals surface area contributed by atoms with Crippen LogP contribution in [-0.4, -0.2) is 65.5 Å². The Morgan fingerprint density at radius 3 is 2.33 bits per heavy atom. The standard InChI is InChI=1S/C38H40N4O3/c1-29-11-14-34(39-26-29)15-18-37(43)42(27-31-12-16-35(17-13-31)40-21-23-45-24-22-40)36(25-30-7-3-2-4-8-30)38(44)41-20-19-32-9-5-6-10-33(32)28-41/h2-18,26,36H,19-25,27-28H2,1H3. The van der Waals surface area contributed by atoms with Gasteiger partial charge in [0.05, 0.1) is 18.9 Å². The van der Waals surface area contributed by atoms with Gasteiger partial charge < -0.3 is 19.4 Å². The second-order valence-electron chi connectivity index (χ2n) is 11.8. The molecule has 1 unspecified atom stereocenters. The fraction of sp³-hybridized carbons (Fsp3) is 0.289. The monoisotopic (exact) mass is 600 g/mol. The van der Waals surface area contributed by atoms with E-state index in [1.807, 2.05) is 60.4 Å². The lowest BCUT2D eigenvalue weighted by Gasteiger charge is -2.37. The molecule has 0 aliphatic carbocycles. The maximum Gasteiger partial charge on any atom is 0.247 e. The van der Waals surface area contributed by atoms with Gasteiger partial charge in [-0.15, -0.1) is 0 Å². The van der Waals surface area contributed by atoms with E-state index in [0.29, 0.717) is 31.7 Å². The summed E-state index contributed by atoms with van der Waals surface area (Å²) in [5.74, 6) is -0.255. The van der Waals surface area contributed by atoms with Gasteiger partial charge in [-0.25, -0.2) is 0 Å². The summed E-state index contributed by atoms with van der Waals surface area (Å²) in [6, 6.07) is 29.8. The Kier molecular flexibility index (Phi) is 9.66. The van der Waals surface area contributed by atoms with Gasteiger partial charge in [0.1, 0.15) is 6.04 Å². The number of fused-ring (bicyclic) bond motifs is 1. The van der Waals surface area contributed by atoms with Crippen molar-refractivity contribution in [3.05, 3.63) is 137 Å². The molecule has 230 valence electrons. The topological polar surface area (TPSA) is 66.0 Å². The van der Waals surface area contributed by atoms with Crippen molar-refractivity contribution >= 4 is 23.6 Å². The number of rotatable bonds is 9. The first-order valence-electron chi connectivity index (χ1n) is 15.8. The number of amides is 2. The van der Waals surface area contributed by atoms with Gasteiger partial charge in [0.25, 0.3) is 0 Å². The van der Waals surface area contributed by atoms with Crippen molar-refractivity contribution in [2.75, 3.05) is 37.7 Å². The molecule has 1 fully saturated rings. The van der Waals surface area contributed by atoms with Crippen LogP contribution >= 0.6 is 0 Å². The number of hydrogen-bond donors (Lipinski definition) is 0. The van der Waals surface area contributed by atoms with Crippen molar-refractivity contribution in [2.24, 2.45) is 0 Å².